The summed E-state index contributed by atoms with van der Waals surface area (Å²) in [4.78, 5) is 38.4. The topological polar surface area (TPSA) is 104 Å². The fourth-order valence-electron chi connectivity index (χ4n) is 4.75. The summed E-state index contributed by atoms with van der Waals surface area (Å²) in [6.07, 6.45) is 3.21. The van der Waals surface area contributed by atoms with Crippen LogP contribution >= 0.6 is 0 Å². The van der Waals surface area contributed by atoms with Crippen LogP contribution in [0.2, 0.25) is 0 Å². The van der Waals surface area contributed by atoms with Crippen molar-refractivity contribution >= 4 is 23.3 Å². The average molecular weight is 422 g/mol. The molecule has 1 aromatic carbocycles. The molecule has 2 fully saturated rings. The summed E-state index contributed by atoms with van der Waals surface area (Å²) in [6.45, 7) is 3.31. The van der Waals surface area contributed by atoms with Crippen LogP contribution in [0.25, 0.3) is 0 Å². The minimum Gasteiger partial charge on any atom is -0.346 e. The number of Topliss-reactive ketones (excluding diaryl/α,β-unsaturated/α-hetero) is 1. The van der Waals surface area contributed by atoms with Gasteiger partial charge in [-0.15, -0.1) is 0 Å². The Hall–Kier alpha value is -3.47. The van der Waals surface area contributed by atoms with Crippen molar-refractivity contribution in [3.8, 4) is 6.07 Å². The second kappa shape index (κ2) is 7.65. The maximum Gasteiger partial charge on any atom is 0.294 e. The zero-order chi connectivity index (χ0) is 22.4. The van der Waals surface area contributed by atoms with Gasteiger partial charge in [-0.3, -0.25) is 14.4 Å². The van der Waals surface area contributed by atoms with Gasteiger partial charge in [-0.2, -0.15) is 5.26 Å². The van der Waals surface area contributed by atoms with Gasteiger partial charge in [0.1, 0.15) is 11.9 Å². The SMILES string of the molecule is Cc1c(C(=O)Nc2ccc(F)c(C#N)c2)c(C)n(C)c1C(=O)C(=O)NC1CC2CCC21. The van der Waals surface area contributed by atoms with Crippen LogP contribution in [-0.2, 0) is 11.8 Å². The van der Waals surface area contributed by atoms with Gasteiger partial charge in [0.25, 0.3) is 17.6 Å². The Morgan fingerprint density at radius 1 is 1.23 bits per heavy atom. The molecule has 8 heteroatoms. The van der Waals surface area contributed by atoms with E-state index in [1.165, 1.54) is 18.6 Å². The Bertz CT molecular complexity index is 1160. The number of amides is 2. The summed E-state index contributed by atoms with van der Waals surface area (Å²) in [5, 5.41) is 14.5. The molecule has 0 bridgehead atoms. The number of anilines is 1. The fourth-order valence-corrected chi connectivity index (χ4v) is 4.75. The fraction of sp³-hybridized carbons (Fsp3) is 0.391. The molecule has 1 aromatic heterocycles. The van der Waals surface area contributed by atoms with Crippen molar-refractivity contribution in [2.45, 2.75) is 39.2 Å². The van der Waals surface area contributed by atoms with Crippen molar-refractivity contribution in [3.63, 3.8) is 0 Å². The molecule has 0 spiro atoms. The number of rotatable bonds is 5. The number of aromatic nitrogens is 1. The van der Waals surface area contributed by atoms with E-state index < -0.39 is 23.4 Å². The number of halogens is 1. The highest BCUT2D eigenvalue weighted by atomic mass is 19.1. The molecular weight excluding hydrogens is 399 g/mol. The molecule has 2 amide bonds. The normalized spacial score (nSPS) is 21.2. The Kier molecular flexibility index (Phi) is 5.13. The summed E-state index contributed by atoms with van der Waals surface area (Å²) in [6, 6.07) is 5.49. The average Bonchev–Trinajstić information content (AvgIpc) is 2.94. The van der Waals surface area contributed by atoms with E-state index >= 15 is 0 Å². The number of carbonyl (C=O) groups is 3. The number of nitrogens with zero attached hydrogens (tertiary/aromatic N) is 2. The molecule has 7 nitrogen and oxygen atoms in total. The Labute approximate surface area is 179 Å². The van der Waals surface area contributed by atoms with Crippen molar-refractivity contribution in [3.05, 3.63) is 52.1 Å². The molecule has 3 atom stereocenters. The van der Waals surface area contributed by atoms with E-state index in [-0.39, 0.29) is 28.6 Å². The molecule has 4 rings (SSSR count). The van der Waals surface area contributed by atoms with Gasteiger partial charge in [0.05, 0.1) is 16.8 Å². The maximum absolute atomic E-state index is 13.5. The van der Waals surface area contributed by atoms with Gasteiger partial charge in [-0.1, -0.05) is 0 Å². The molecule has 0 aliphatic heterocycles. The van der Waals surface area contributed by atoms with E-state index in [1.807, 2.05) is 0 Å². The van der Waals surface area contributed by atoms with Crippen LogP contribution in [0.3, 0.4) is 0 Å². The van der Waals surface area contributed by atoms with Gasteiger partial charge in [0, 0.05) is 24.5 Å². The lowest BCUT2D eigenvalue weighted by Crippen LogP contribution is -2.58. The predicted octanol–water partition coefficient (Wildman–Crippen LogP) is 3.00. The molecule has 160 valence electrons. The first-order valence-corrected chi connectivity index (χ1v) is 10.2. The highest BCUT2D eigenvalue weighted by Gasteiger charge is 2.48. The van der Waals surface area contributed by atoms with Gasteiger partial charge in [-0.25, -0.2) is 4.39 Å². The Morgan fingerprint density at radius 2 is 1.97 bits per heavy atom. The Morgan fingerprint density at radius 3 is 2.55 bits per heavy atom. The number of carbonyl (C=O) groups excluding carboxylic acids is 3. The van der Waals surface area contributed by atoms with Crippen LogP contribution in [0.1, 0.15) is 56.9 Å². The van der Waals surface area contributed by atoms with E-state index in [4.69, 9.17) is 5.26 Å². The molecule has 2 N–H and O–H groups in total. The predicted molar refractivity (Wildman–Crippen MR) is 111 cm³/mol. The van der Waals surface area contributed by atoms with Gasteiger partial charge in [0.15, 0.2) is 0 Å². The highest BCUT2D eigenvalue weighted by molar-refractivity contribution is 6.43. The molecule has 2 aliphatic rings. The maximum atomic E-state index is 13.5. The lowest BCUT2D eigenvalue weighted by Gasteiger charge is -2.53. The standard InChI is InChI=1S/C23H23FN4O3/c1-11-19(22(30)26-15-5-7-17(24)14(8-15)10-25)12(2)28(3)20(11)21(29)23(31)27-18-9-13-4-6-16(13)18/h5,7-8,13,16,18H,4,6,9H2,1-3H3,(H,26,30)(H,27,31). The van der Waals surface area contributed by atoms with Crippen molar-refractivity contribution in [1.29, 1.82) is 5.26 Å². The number of ketones is 1. The summed E-state index contributed by atoms with van der Waals surface area (Å²) in [5.74, 6) is -1.32. The molecule has 0 saturated heterocycles. The van der Waals surface area contributed by atoms with Crippen molar-refractivity contribution in [2.24, 2.45) is 18.9 Å². The molecule has 0 radical (unpaired) electrons. The Balaban J connectivity index is 1.55. The van der Waals surface area contributed by atoms with Crippen LogP contribution in [0.15, 0.2) is 18.2 Å². The lowest BCUT2D eigenvalue weighted by atomic mass is 9.56. The van der Waals surface area contributed by atoms with Crippen LogP contribution in [0.4, 0.5) is 10.1 Å². The number of hydrogen-bond donors (Lipinski definition) is 2. The molecular formula is C23H23FN4O3. The second-order valence-electron chi connectivity index (χ2n) is 8.40. The van der Waals surface area contributed by atoms with E-state index in [9.17, 15) is 18.8 Å². The molecule has 2 saturated carbocycles. The van der Waals surface area contributed by atoms with Crippen molar-refractivity contribution in [2.75, 3.05) is 5.32 Å². The van der Waals surface area contributed by atoms with Gasteiger partial charge < -0.3 is 15.2 Å². The lowest BCUT2D eigenvalue weighted by molar-refractivity contribution is -0.121. The first kappa shape index (κ1) is 20.8. The minimum atomic E-state index is -0.675. The monoisotopic (exact) mass is 422 g/mol. The summed E-state index contributed by atoms with van der Waals surface area (Å²) in [7, 11) is 1.64. The first-order valence-electron chi connectivity index (χ1n) is 10.2. The number of benzene rings is 1. The second-order valence-corrected chi connectivity index (χ2v) is 8.40. The van der Waals surface area contributed by atoms with Crippen LogP contribution in [0.5, 0.6) is 0 Å². The van der Waals surface area contributed by atoms with Gasteiger partial charge >= 0.3 is 0 Å². The minimum absolute atomic E-state index is 0.0625. The van der Waals surface area contributed by atoms with Gasteiger partial charge in [0.2, 0.25) is 0 Å². The first-order chi connectivity index (χ1) is 14.7. The third-order valence-electron chi connectivity index (χ3n) is 6.79. The van der Waals surface area contributed by atoms with E-state index in [0.29, 0.717) is 23.1 Å². The van der Waals surface area contributed by atoms with Crippen LogP contribution in [0, 0.1) is 42.8 Å². The highest BCUT2D eigenvalue weighted by Crippen LogP contribution is 2.50. The number of nitriles is 1. The van der Waals surface area contributed by atoms with E-state index in [1.54, 1.807) is 31.5 Å². The zero-order valence-electron chi connectivity index (χ0n) is 17.6. The van der Waals surface area contributed by atoms with Gasteiger partial charge in [-0.05, 0) is 68.7 Å². The third-order valence-corrected chi connectivity index (χ3v) is 6.79. The van der Waals surface area contributed by atoms with E-state index in [0.717, 1.165) is 18.9 Å². The third kappa shape index (κ3) is 3.40. The molecule has 3 unspecified atom stereocenters. The number of fused-ring (bicyclic) bond motifs is 1. The van der Waals surface area contributed by atoms with E-state index in [2.05, 4.69) is 10.6 Å². The zero-order valence-corrected chi connectivity index (χ0v) is 17.6. The molecule has 31 heavy (non-hydrogen) atoms. The quantitative estimate of drug-likeness (QED) is 0.571. The van der Waals surface area contributed by atoms with Crippen molar-refractivity contribution < 1.29 is 18.8 Å². The molecule has 1 heterocycles. The van der Waals surface area contributed by atoms with Crippen LogP contribution < -0.4 is 10.6 Å². The summed E-state index contributed by atoms with van der Waals surface area (Å²) >= 11 is 0. The summed E-state index contributed by atoms with van der Waals surface area (Å²) in [5.41, 5.74) is 1.44. The smallest absolute Gasteiger partial charge is 0.294 e. The number of nitrogens with one attached hydrogen (secondary N) is 2. The molecule has 2 aliphatic carbocycles. The molecule has 2 aromatic rings. The largest absolute Gasteiger partial charge is 0.346 e. The van der Waals surface area contributed by atoms with Crippen LogP contribution in [-0.4, -0.2) is 28.2 Å². The van der Waals surface area contributed by atoms with Crippen molar-refractivity contribution in [1.82, 2.24) is 9.88 Å². The summed E-state index contributed by atoms with van der Waals surface area (Å²) < 4.78 is 15.1. The number of hydrogen-bond acceptors (Lipinski definition) is 4.